The third-order valence-corrected chi connectivity index (χ3v) is 7.02. The summed E-state index contributed by atoms with van der Waals surface area (Å²) in [7, 11) is -3.59. The first-order chi connectivity index (χ1) is 11.9. The Morgan fingerprint density at radius 3 is 2.60 bits per heavy atom. The minimum absolute atomic E-state index is 0.0504. The summed E-state index contributed by atoms with van der Waals surface area (Å²) in [6.45, 7) is 5.15. The molecule has 1 saturated carbocycles. The molecular weight excluding hydrogens is 336 g/mol. The van der Waals surface area contributed by atoms with Crippen LogP contribution in [-0.4, -0.2) is 38.4 Å². The predicted octanol–water partition coefficient (Wildman–Crippen LogP) is 3.03. The van der Waals surface area contributed by atoms with Gasteiger partial charge in [0, 0.05) is 24.7 Å². The summed E-state index contributed by atoms with van der Waals surface area (Å²) in [5.74, 6) is 1.33. The first-order valence-electron chi connectivity index (χ1n) is 9.28. The van der Waals surface area contributed by atoms with Crippen LogP contribution in [0.25, 0.3) is 0 Å². The van der Waals surface area contributed by atoms with Crippen molar-refractivity contribution in [2.24, 2.45) is 11.8 Å². The number of nitrogens with zero attached hydrogens (tertiary/aromatic N) is 1. The van der Waals surface area contributed by atoms with Gasteiger partial charge >= 0.3 is 0 Å². The fourth-order valence-corrected chi connectivity index (χ4v) is 5.44. The summed E-state index contributed by atoms with van der Waals surface area (Å²) in [6.07, 6.45) is 6.15. The molecule has 1 N–H and O–H groups in total. The van der Waals surface area contributed by atoms with Gasteiger partial charge in [-0.25, -0.2) is 13.1 Å². The van der Waals surface area contributed by atoms with Gasteiger partial charge in [0.1, 0.15) is 0 Å². The number of hydrogen-bond donors (Lipinski definition) is 1. The number of hydrogen-bond acceptors (Lipinski definition) is 3. The van der Waals surface area contributed by atoms with Crippen molar-refractivity contribution in [1.29, 1.82) is 0 Å². The number of amides is 1. The van der Waals surface area contributed by atoms with Crippen molar-refractivity contribution in [2.45, 2.75) is 56.9 Å². The van der Waals surface area contributed by atoms with Crippen LogP contribution in [0.2, 0.25) is 0 Å². The molecule has 1 aliphatic carbocycles. The molecule has 1 aromatic carbocycles. The summed E-state index contributed by atoms with van der Waals surface area (Å²) in [4.78, 5) is 14.9. The predicted molar refractivity (Wildman–Crippen MR) is 97.9 cm³/mol. The Morgan fingerprint density at radius 2 is 1.88 bits per heavy atom. The zero-order valence-corrected chi connectivity index (χ0v) is 15.9. The molecule has 0 aromatic heterocycles. The molecular formula is C19H28N2O3S. The Hall–Kier alpha value is -1.40. The van der Waals surface area contributed by atoms with E-state index < -0.39 is 10.0 Å². The standard InChI is InChI=1S/C19H28N2O3S/c1-14(2)20-25(23,24)18-9-5-8-16(12-18)19(22)21-11-10-15-6-3-4-7-17(15)13-21/h5,8-9,12,14-15,17,20H,3-4,6-7,10-11,13H2,1-2H3/t15-,17-/m0/s1. The maximum Gasteiger partial charge on any atom is 0.253 e. The summed E-state index contributed by atoms with van der Waals surface area (Å²) in [5, 5.41) is 0. The second-order valence-electron chi connectivity index (χ2n) is 7.65. The van der Waals surface area contributed by atoms with Crippen molar-refractivity contribution >= 4 is 15.9 Å². The third-order valence-electron chi connectivity index (χ3n) is 5.36. The quantitative estimate of drug-likeness (QED) is 0.893. The Morgan fingerprint density at radius 1 is 1.16 bits per heavy atom. The van der Waals surface area contributed by atoms with E-state index in [1.54, 1.807) is 26.0 Å². The number of benzene rings is 1. The van der Waals surface area contributed by atoms with Crippen molar-refractivity contribution in [3.05, 3.63) is 29.8 Å². The average molecular weight is 365 g/mol. The third kappa shape index (κ3) is 4.23. The normalized spacial score (nSPS) is 24.2. The van der Waals surface area contributed by atoms with Crippen LogP contribution in [0.4, 0.5) is 0 Å². The van der Waals surface area contributed by atoms with Crippen molar-refractivity contribution in [3.8, 4) is 0 Å². The smallest absolute Gasteiger partial charge is 0.253 e. The lowest BCUT2D eigenvalue weighted by Gasteiger charge is -2.41. The van der Waals surface area contributed by atoms with Gasteiger partial charge < -0.3 is 4.90 Å². The van der Waals surface area contributed by atoms with E-state index in [1.165, 1.54) is 37.8 Å². The van der Waals surface area contributed by atoms with Gasteiger partial charge in [0.05, 0.1) is 4.90 Å². The van der Waals surface area contributed by atoms with E-state index in [4.69, 9.17) is 0 Å². The van der Waals surface area contributed by atoms with Crippen molar-refractivity contribution in [1.82, 2.24) is 9.62 Å². The molecule has 1 aliphatic heterocycles. The number of rotatable bonds is 4. The van der Waals surface area contributed by atoms with E-state index in [2.05, 4.69) is 4.72 Å². The topological polar surface area (TPSA) is 66.5 Å². The van der Waals surface area contributed by atoms with Crippen molar-refractivity contribution in [3.63, 3.8) is 0 Å². The van der Waals surface area contributed by atoms with Gasteiger partial charge in [0.25, 0.3) is 5.91 Å². The first kappa shape index (κ1) is 18.4. The van der Waals surface area contributed by atoms with E-state index in [0.717, 1.165) is 25.4 Å². The maximum absolute atomic E-state index is 12.9. The lowest BCUT2D eigenvalue weighted by Crippen LogP contribution is -2.44. The van der Waals surface area contributed by atoms with Crippen LogP contribution in [0.5, 0.6) is 0 Å². The molecule has 6 heteroatoms. The second kappa shape index (κ2) is 7.46. The lowest BCUT2D eigenvalue weighted by atomic mass is 9.75. The molecule has 3 rings (SSSR count). The van der Waals surface area contributed by atoms with Gasteiger partial charge in [0.2, 0.25) is 10.0 Å². The maximum atomic E-state index is 12.9. The highest BCUT2D eigenvalue weighted by atomic mass is 32.2. The largest absolute Gasteiger partial charge is 0.338 e. The first-order valence-corrected chi connectivity index (χ1v) is 10.8. The fourth-order valence-electron chi connectivity index (χ4n) is 4.14. The van der Waals surface area contributed by atoms with Crippen LogP contribution in [0.3, 0.4) is 0 Å². The van der Waals surface area contributed by atoms with Crippen LogP contribution in [0.1, 0.15) is 56.3 Å². The van der Waals surface area contributed by atoms with E-state index >= 15 is 0 Å². The zero-order valence-electron chi connectivity index (χ0n) is 15.1. The number of likely N-dealkylation sites (tertiary alicyclic amines) is 1. The summed E-state index contributed by atoms with van der Waals surface area (Å²) in [5.41, 5.74) is 0.459. The van der Waals surface area contributed by atoms with Gasteiger partial charge in [0.15, 0.2) is 0 Å². The molecule has 1 saturated heterocycles. The second-order valence-corrected chi connectivity index (χ2v) is 9.36. The molecule has 0 bridgehead atoms. The number of sulfonamides is 1. The zero-order chi connectivity index (χ0) is 18.0. The molecule has 25 heavy (non-hydrogen) atoms. The van der Waals surface area contributed by atoms with Gasteiger partial charge in [-0.05, 0) is 56.7 Å². The van der Waals surface area contributed by atoms with E-state index in [0.29, 0.717) is 11.5 Å². The monoisotopic (exact) mass is 364 g/mol. The summed E-state index contributed by atoms with van der Waals surface area (Å²) in [6, 6.07) is 6.21. The Bertz CT molecular complexity index is 730. The number of nitrogens with one attached hydrogen (secondary N) is 1. The van der Waals surface area contributed by atoms with Crippen LogP contribution < -0.4 is 4.72 Å². The Balaban J connectivity index is 1.75. The molecule has 1 amide bonds. The van der Waals surface area contributed by atoms with Crippen LogP contribution in [0.15, 0.2) is 29.2 Å². The highest BCUT2D eigenvalue weighted by Crippen LogP contribution is 2.36. The van der Waals surface area contributed by atoms with Gasteiger partial charge in [-0.3, -0.25) is 4.79 Å². The number of fused-ring (bicyclic) bond motifs is 1. The van der Waals surface area contributed by atoms with E-state index in [-0.39, 0.29) is 16.8 Å². The Kier molecular flexibility index (Phi) is 5.49. The van der Waals surface area contributed by atoms with Gasteiger partial charge in [-0.1, -0.05) is 25.3 Å². The van der Waals surface area contributed by atoms with E-state index in [1.807, 2.05) is 4.90 Å². The fraction of sp³-hybridized carbons (Fsp3) is 0.632. The number of piperidine rings is 1. The SMILES string of the molecule is CC(C)NS(=O)(=O)c1cccc(C(=O)N2CC[C@@H]3CCCC[C@H]3C2)c1. The molecule has 138 valence electrons. The summed E-state index contributed by atoms with van der Waals surface area (Å²) >= 11 is 0. The molecule has 2 aliphatic rings. The molecule has 1 heterocycles. The van der Waals surface area contributed by atoms with Gasteiger partial charge in [-0.15, -0.1) is 0 Å². The van der Waals surface area contributed by atoms with Crippen LogP contribution in [0, 0.1) is 11.8 Å². The van der Waals surface area contributed by atoms with E-state index in [9.17, 15) is 13.2 Å². The van der Waals surface area contributed by atoms with Crippen LogP contribution >= 0.6 is 0 Å². The molecule has 0 radical (unpaired) electrons. The number of carbonyl (C=O) groups is 1. The minimum Gasteiger partial charge on any atom is -0.338 e. The molecule has 1 aromatic rings. The summed E-state index contributed by atoms with van der Waals surface area (Å²) < 4.78 is 27.3. The van der Waals surface area contributed by atoms with Crippen LogP contribution in [-0.2, 0) is 10.0 Å². The lowest BCUT2D eigenvalue weighted by molar-refractivity contribution is 0.0520. The highest BCUT2D eigenvalue weighted by Gasteiger charge is 2.33. The molecule has 2 fully saturated rings. The van der Waals surface area contributed by atoms with Crippen molar-refractivity contribution in [2.75, 3.05) is 13.1 Å². The number of carbonyl (C=O) groups excluding carboxylic acids is 1. The minimum atomic E-state index is -3.59. The highest BCUT2D eigenvalue weighted by molar-refractivity contribution is 7.89. The Labute approximate surface area is 150 Å². The molecule has 5 nitrogen and oxygen atoms in total. The average Bonchev–Trinajstić information content (AvgIpc) is 2.60. The molecule has 0 spiro atoms. The van der Waals surface area contributed by atoms with Crippen molar-refractivity contribution < 1.29 is 13.2 Å². The molecule has 0 unspecified atom stereocenters. The van der Waals surface area contributed by atoms with Gasteiger partial charge in [-0.2, -0.15) is 0 Å². The molecule has 2 atom stereocenters.